The Morgan fingerprint density at radius 3 is 2.38 bits per heavy atom. The van der Waals surface area contributed by atoms with E-state index in [9.17, 15) is 14.9 Å². The maximum atomic E-state index is 12.3. The first-order chi connectivity index (χ1) is 11.4. The van der Waals surface area contributed by atoms with Gasteiger partial charge in [0, 0.05) is 0 Å². The summed E-state index contributed by atoms with van der Waals surface area (Å²) in [6, 6.07) is 8.15. The van der Waals surface area contributed by atoms with Crippen molar-refractivity contribution in [2.75, 3.05) is 6.61 Å². The summed E-state index contributed by atoms with van der Waals surface area (Å²) in [5.41, 5.74) is 1.30. The van der Waals surface area contributed by atoms with Crippen LogP contribution in [-0.4, -0.2) is 23.7 Å². The van der Waals surface area contributed by atoms with Crippen LogP contribution in [0.5, 0.6) is 0 Å². The summed E-state index contributed by atoms with van der Waals surface area (Å²) < 4.78 is 10.6. The van der Waals surface area contributed by atoms with Crippen molar-refractivity contribution >= 4 is 11.9 Å². The van der Waals surface area contributed by atoms with Crippen molar-refractivity contribution in [3.8, 4) is 6.07 Å². The van der Waals surface area contributed by atoms with Crippen molar-refractivity contribution in [1.82, 2.24) is 0 Å². The molecule has 0 fully saturated rings. The number of hydrogen-bond donors (Lipinski definition) is 1. The van der Waals surface area contributed by atoms with Crippen molar-refractivity contribution in [2.24, 2.45) is 0 Å². The fraction of sp³-hybridized carbons (Fsp3) is 0.278. The Bertz CT molecular complexity index is 781. The molecule has 1 aromatic rings. The molecule has 1 N–H and O–H groups in total. The molecule has 1 unspecified atom stereocenters. The molecule has 6 heteroatoms. The van der Waals surface area contributed by atoms with Crippen LogP contribution < -0.4 is 0 Å². The number of carboxylic acid groups (broad SMARTS) is 1. The zero-order valence-corrected chi connectivity index (χ0v) is 13.6. The number of allylic oxidation sites excluding steroid dienone is 3. The average molecular weight is 327 g/mol. The highest BCUT2D eigenvalue weighted by molar-refractivity contribution is 5.93. The third kappa shape index (κ3) is 3.15. The summed E-state index contributed by atoms with van der Waals surface area (Å²) in [6.07, 6.45) is 0. The Labute approximate surface area is 139 Å². The molecule has 1 aliphatic rings. The third-order valence-corrected chi connectivity index (χ3v) is 3.75. The number of carboxylic acids is 1. The number of rotatable bonds is 4. The SMILES string of the molecule is CCOC(=O)C1=C(C)OC(C)=C(C#N)C1c1ccc(C(=O)O)cc1. The van der Waals surface area contributed by atoms with Crippen LogP contribution in [0.1, 0.15) is 42.6 Å². The number of nitriles is 1. The summed E-state index contributed by atoms with van der Waals surface area (Å²) >= 11 is 0. The van der Waals surface area contributed by atoms with E-state index >= 15 is 0 Å². The molecule has 0 radical (unpaired) electrons. The monoisotopic (exact) mass is 327 g/mol. The first kappa shape index (κ1) is 17.3. The van der Waals surface area contributed by atoms with Crippen molar-refractivity contribution < 1.29 is 24.2 Å². The Morgan fingerprint density at radius 2 is 1.88 bits per heavy atom. The van der Waals surface area contributed by atoms with Gasteiger partial charge >= 0.3 is 11.9 Å². The Morgan fingerprint density at radius 1 is 1.25 bits per heavy atom. The molecule has 1 aromatic carbocycles. The topological polar surface area (TPSA) is 96.6 Å². The summed E-state index contributed by atoms with van der Waals surface area (Å²) in [5, 5.41) is 18.5. The molecule has 1 heterocycles. The highest BCUT2D eigenvalue weighted by Crippen LogP contribution is 2.40. The number of carbonyl (C=O) groups excluding carboxylic acids is 1. The van der Waals surface area contributed by atoms with Gasteiger partial charge in [-0.3, -0.25) is 0 Å². The van der Waals surface area contributed by atoms with Crippen molar-refractivity contribution in [2.45, 2.75) is 26.7 Å². The standard InChI is InChI=1S/C18H17NO5/c1-4-23-18(22)15-11(3)24-10(2)14(9-19)16(15)12-5-7-13(8-6-12)17(20)21/h5-8,16H,4H2,1-3H3,(H,20,21). The third-order valence-electron chi connectivity index (χ3n) is 3.75. The van der Waals surface area contributed by atoms with E-state index in [0.717, 1.165) is 0 Å². The number of benzene rings is 1. The minimum absolute atomic E-state index is 0.128. The molecule has 0 saturated carbocycles. The quantitative estimate of drug-likeness (QED) is 0.853. The van der Waals surface area contributed by atoms with Gasteiger partial charge in [0.05, 0.1) is 35.3 Å². The molecule has 1 aliphatic heterocycles. The molecule has 0 amide bonds. The van der Waals surface area contributed by atoms with Crippen LogP contribution in [0.4, 0.5) is 0 Å². The number of carbonyl (C=O) groups is 2. The lowest BCUT2D eigenvalue weighted by atomic mass is 9.82. The van der Waals surface area contributed by atoms with Gasteiger partial charge in [-0.05, 0) is 38.5 Å². The predicted octanol–water partition coefficient (Wildman–Crippen LogP) is 3.13. The lowest BCUT2D eigenvalue weighted by Crippen LogP contribution is -2.22. The zero-order chi connectivity index (χ0) is 17.9. The van der Waals surface area contributed by atoms with Gasteiger partial charge in [-0.25, -0.2) is 9.59 Å². The van der Waals surface area contributed by atoms with Crippen LogP contribution in [0, 0.1) is 11.3 Å². The fourth-order valence-corrected chi connectivity index (χ4v) is 2.66. The predicted molar refractivity (Wildman–Crippen MR) is 84.9 cm³/mol. The number of aromatic carboxylic acids is 1. The van der Waals surface area contributed by atoms with E-state index < -0.39 is 17.9 Å². The summed E-state index contributed by atoms with van der Waals surface area (Å²) in [7, 11) is 0. The number of hydrogen-bond acceptors (Lipinski definition) is 5. The van der Waals surface area contributed by atoms with E-state index in [1.807, 2.05) is 0 Å². The van der Waals surface area contributed by atoms with Crippen LogP contribution in [-0.2, 0) is 14.3 Å². The highest BCUT2D eigenvalue weighted by Gasteiger charge is 2.35. The molecule has 0 saturated heterocycles. The van der Waals surface area contributed by atoms with E-state index in [1.165, 1.54) is 12.1 Å². The normalized spacial score (nSPS) is 17.2. The van der Waals surface area contributed by atoms with Gasteiger partial charge in [0.2, 0.25) is 0 Å². The minimum Gasteiger partial charge on any atom is -0.478 e. The first-order valence-corrected chi connectivity index (χ1v) is 7.40. The van der Waals surface area contributed by atoms with E-state index in [4.69, 9.17) is 14.6 Å². The lowest BCUT2D eigenvalue weighted by molar-refractivity contribution is -0.139. The Hall–Kier alpha value is -3.07. The molecule has 0 bridgehead atoms. The fourth-order valence-electron chi connectivity index (χ4n) is 2.66. The zero-order valence-electron chi connectivity index (χ0n) is 13.6. The van der Waals surface area contributed by atoms with Gasteiger partial charge in [0.15, 0.2) is 0 Å². The number of nitrogens with zero attached hydrogens (tertiary/aromatic N) is 1. The Kier molecular flexibility index (Phi) is 5.05. The minimum atomic E-state index is -1.04. The molecule has 124 valence electrons. The number of ether oxygens (including phenoxy) is 2. The molecular weight excluding hydrogens is 310 g/mol. The smallest absolute Gasteiger partial charge is 0.338 e. The maximum Gasteiger partial charge on any atom is 0.338 e. The molecule has 2 rings (SSSR count). The van der Waals surface area contributed by atoms with Gasteiger partial charge in [-0.1, -0.05) is 12.1 Å². The van der Waals surface area contributed by atoms with Crippen molar-refractivity contribution in [3.63, 3.8) is 0 Å². The number of esters is 1. The second-order valence-corrected chi connectivity index (χ2v) is 5.23. The molecule has 0 aromatic heterocycles. The molecular formula is C18H17NO5. The second-order valence-electron chi connectivity index (χ2n) is 5.23. The van der Waals surface area contributed by atoms with E-state index in [1.54, 1.807) is 32.9 Å². The Balaban J connectivity index is 2.57. The average Bonchev–Trinajstić information content (AvgIpc) is 2.54. The first-order valence-electron chi connectivity index (χ1n) is 7.40. The van der Waals surface area contributed by atoms with Crippen LogP contribution in [0.2, 0.25) is 0 Å². The van der Waals surface area contributed by atoms with Gasteiger partial charge in [-0.15, -0.1) is 0 Å². The second kappa shape index (κ2) is 7.01. The van der Waals surface area contributed by atoms with Gasteiger partial charge in [0.25, 0.3) is 0 Å². The van der Waals surface area contributed by atoms with Crippen LogP contribution in [0.15, 0.2) is 46.9 Å². The largest absolute Gasteiger partial charge is 0.478 e. The molecule has 6 nitrogen and oxygen atoms in total. The summed E-state index contributed by atoms with van der Waals surface area (Å²) in [5.74, 6) is -1.46. The van der Waals surface area contributed by atoms with E-state index in [0.29, 0.717) is 22.7 Å². The van der Waals surface area contributed by atoms with Crippen molar-refractivity contribution in [1.29, 1.82) is 5.26 Å². The molecule has 24 heavy (non-hydrogen) atoms. The van der Waals surface area contributed by atoms with Gasteiger partial charge < -0.3 is 14.6 Å². The van der Waals surface area contributed by atoms with Crippen molar-refractivity contribution in [3.05, 3.63) is 58.1 Å². The highest BCUT2D eigenvalue weighted by atomic mass is 16.5. The molecule has 0 spiro atoms. The molecule has 1 atom stereocenters. The van der Waals surface area contributed by atoms with Gasteiger partial charge in [0.1, 0.15) is 11.5 Å². The van der Waals surface area contributed by atoms with Crippen LogP contribution in [0.25, 0.3) is 0 Å². The maximum absolute atomic E-state index is 12.3. The lowest BCUT2D eigenvalue weighted by Gasteiger charge is -2.27. The van der Waals surface area contributed by atoms with E-state index in [-0.39, 0.29) is 17.7 Å². The van der Waals surface area contributed by atoms with Crippen LogP contribution >= 0.6 is 0 Å². The van der Waals surface area contributed by atoms with Crippen LogP contribution in [0.3, 0.4) is 0 Å². The van der Waals surface area contributed by atoms with E-state index in [2.05, 4.69) is 6.07 Å². The molecule has 0 aliphatic carbocycles. The summed E-state index contributed by atoms with van der Waals surface area (Å²) in [6.45, 7) is 5.19. The summed E-state index contributed by atoms with van der Waals surface area (Å²) in [4.78, 5) is 23.4. The van der Waals surface area contributed by atoms with Gasteiger partial charge in [-0.2, -0.15) is 5.26 Å².